The van der Waals surface area contributed by atoms with Gasteiger partial charge >= 0.3 is 6.18 Å². The van der Waals surface area contributed by atoms with Crippen molar-refractivity contribution < 1.29 is 18.0 Å². The minimum absolute atomic E-state index is 0.131. The highest BCUT2D eigenvalue weighted by atomic mass is 19.4. The summed E-state index contributed by atoms with van der Waals surface area (Å²) in [6, 6.07) is 9.74. The first kappa shape index (κ1) is 19.7. The van der Waals surface area contributed by atoms with E-state index in [4.69, 9.17) is 0 Å². The van der Waals surface area contributed by atoms with Gasteiger partial charge in [-0.15, -0.1) is 0 Å². The Balaban J connectivity index is 1.69. The normalized spacial score (nSPS) is 11.6. The van der Waals surface area contributed by atoms with E-state index in [-0.39, 0.29) is 17.7 Å². The van der Waals surface area contributed by atoms with E-state index >= 15 is 0 Å². The van der Waals surface area contributed by atoms with E-state index in [9.17, 15) is 22.8 Å². The van der Waals surface area contributed by atoms with Crippen molar-refractivity contribution in [2.24, 2.45) is 0 Å². The number of aryl methyl sites for hydroxylation is 2. The predicted molar refractivity (Wildman–Crippen MR) is 102 cm³/mol. The predicted octanol–water partition coefficient (Wildman–Crippen LogP) is 4.14. The van der Waals surface area contributed by atoms with Crippen LogP contribution in [0.1, 0.15) is 32.6 Å². The smallest absolute Gasteiger partial charge is 0.352 e. The molecule has 0 radical (unpaired) electrons. The molecule has 3 rings (SSSR count). The van der Waals surface area contributed by atoms with E-state index in [1.807, 2.05) is 32.0 Å². The maximum Gasteiger partial charge on any atom is 0.416 e. The number of nitrogens with one attached hydrogen (secondary N) is 2. The molecule has 3 aromatic rings. The standard InChI is InChI=1S/C21H19F3N2O2/c1-12-3-4-13(2)18-17(12)11-15(20(28)26-18)9-10-25-19(27)14-5-7-16(8-6-14)21(22,23)24/h3-8,11H,9-10H2,1-2H3,(H,25,27)(H,26,28). The van der Waals surface area contributed by atoms with E-state index in [0.29, 0.717) is 12.0 Å². The summed E-state index contributed by atoms with van der Waals surface area (Å²) in [5.41, 5.74) is 2.44. The van der Waals surface area contributed by atoms with Gasteiger partial charge in [0.05, 0.1) is 11.1 Å². The molecule has 28 heavy (non-hydrogen) atoms. The zero-order valence-corrected chi connectivity index (χ0v) is 15.4. The Morgan fingerprint density at radius 3 is 2.32 bits per heavy atom. The fourth-order valence-corrected chi connectivity index (χ4v) is 3.03. The summed E-state index contributed by atoms with van der Waals surface area (Å²) in [5.74, 6) is -0.488. The van der Waals surface area contributed by atoms with Crippen molar-refractivity contribution in [2.75, 3.05) is 6.54 Å². The average Bonchev–Trinajstić information content (AvgIpc) is 2.65. The molecule has 1 amide bonds. The number of aromatic amines is 1. The Bertz CT molecular complexity index is 1080. The summed E-state index contributed by atoms with van der Waals surface area (Å²) in [7, 11) is 0. The maximum absolute atomic E-state index is 12.6. The molecule has 0 fully saturated rings. The molecule has 146 valence electrons. The third-order valence-electron chi connectivity index (χ3n) is 4.67. The Hall–Kier alpha value is -3.09. The van der Waals surface area contributed by atoms with Crippen molar-refractivity contribution in [1.29, 1.82) is 0 Å². The highest BCUT2D eigenvalue weighted by molar-refractivity contribution is 5.94. The van der Waals surface area contributed by atoms with Crippen LogP contribution in [0, 0.1) is 13.8 Å². The summed E-state index contributed by atoms with van der Waals surface area (Å²) >= 11 is 0. The second-order valence-electron chi connectivity index (χ2n) is 6.69. The Kier molecular flexibility index (Phi) is 5.27. The SMILES string of the molecule is Cc1ccc(C)c2[nH]c(=O)c(CCNC(=O)c3ccc(C(F)(F)F)cc3)cc12. The molecule has 0 aliphatic carbocycles. The van der Waals surface area contributed by atoms with Crippen molar-refractivity contribution in [3.05, 3.63) is 80.6 Å². The first-order chi connectivity index (χ1) is 13.2. The molecule has 2 N–H and O–H groups in total. The van der Waals surface area contributed by atoms with E-state index < -0.39 is 17.6 Å². The van der Waals surface area contributed by atoms with E-state index in [1.54, 1.807) is 0 Å². The van der Waals surface area contributed by atoms with Gasteiger partial charge in [0, 0.05) is 23.1 Å². The number of hydrogen-bond acceptors (Lipinski definition) is 2. The highest BCUT2D eigenvalue weighted by Gasteiger charge is 2.30. The zero-order chi connectivity index (χ0) is 20.5. The molecular weight excluding hydrogens is 369 g/mol. The van der Waals surface area contributed by atoms with Gasteiger partial charge < -0.3 is 10.3 Å². The molecule has 1 aromatic heterocycles. The lowest BCUT2D eigenvalue weighted by atomic mass is 10.0. The number of carbonyl (C=O) groups excluding carboxylic acids is 1. The number of hydrogen-bond donors (Lipinski definition) is 2. The fraction of sp³-hybridized carbons (Fsp3) is 0.238. The van der Waals surface area contributed by atoms with Gasteiger partial charge in [0.25, 0.3) is 11.5 Å². The van der Waals surface area contributed by atoms with Crippen LogP contribution in [0.5, 0.6) is 0 Å². The Labute approximate surface area is 159 Å². The summed E-state index contributed by atoms with van der Waals surface area (Å²) < 4.78 is 37.7. The zero-order valence-electron chi connectivity index (χ0n) is 15.4. The van der Waals surface area contributed by atoms with Crippen LogP contribution in [0.15, 0.2) is 47.3 Å². The number of fused-ring (bicyclic) bond motifs is 1. The molecular formula is C21H19F3N2O2. The number of pyridine rings is 1. The molecule has 4 nitrogen and oxygen atoms in total. The molecule has 1 heterocycles. The Morgan fingerprint density at radius 1 is 1.04 bits per heavy atom. The topological polar surface area (TPSA) is 62.0 Å². The van der Waals surface area contributed by atoms with Gasteiger partial charge in [-0.3, -0.25) is 9.59 Å². The summed E-state index contributed by atoms with van der Waals surface area (Å²) in [6.07, 6.45) is -4.13. The van der Waals surface area contributed by atoms with Crippen LogP contribution in [-0.4, -0.2) is 17.4 Å². The molecule has 0 bridgehead atoms. The Morgan fingerprint density at radius 2 is 1.68 bits per heavy atom. The number of halogens is 3. The van der Waals surface area contributed by atoms with E-state index in [1.165, 1.54) is 0 Å². The third kappa shape index (κ3) is 4.08. The third-order valence-corrected chi connectivity index (χ3v) is 4.67. The number of aromatic nitrogens is 1. The minimum atomic E-state index is -4.44. The second kappa shape index (κ2) is 7.50. The van der Waals surface area contributed by atoms with Crippen LogP contribution < -0.4 is 10.9 Å². The molecule has 0 saturated carbocycles. The van der Waals surface area contributed by atoms with Crippen molar-refractivity contribution in [3.8, 4) is 0 Å². The number of rotatable bonds is 4. The van der Waals surface area contributed by atoms with E-state index in [2.05, 4.69) is 10.3 Å². The lowest BCUT2D eigenvalue weighted by Crippen LogP contribution is -2.27. The monoisotopic (exact) mass is 388 g/mol. The largest absolute Gasteiger partial charge is 0.416 e. The van der Waals surface area contributed by atoms with Gasteiger partial charge in [-0.2, -0.15) is 13.2 Å². The van der Waals surface area contributed by atoms with E-state index in [0.717, 1.165) is 46.3 Å². The first-order valence-corrected chi connectivity index (χ1v) is 8.74. The second-order valence-corrected chi connectivity index (χ2v) is 6.69. The quantitative estimate of drug-likeness (QED) is 0.706. The lowest BCUT2D eigenvalue weighted by molar-refractivity contribution is -0.137. The summed E-state index contributed by atoms with van der Waals surface area (Å²) in [6.45, 7) is 4.07. The molecule has 0 aliphatic heterocycles. The molecule has 0 saturated heterocycles. The van der Waals surface area contributed by atoms with Crippen molar-refractivity contribution in [2.45, 2.75) is 26.4 Å². The van der Waals surface area contributed by atoms with Crippen LogP contribution >= 0.6 is 0 Å². The van der Waals surface area contributed by atoms with Crippen LogP contribution in [-0.2, 0) is 12.6 Å². The van der Waals surface area contributed by atoms with Gasteiger partial charge in [0.2, 0.25) is 0 Å². The van der Waals surface area contributed by atoms with Crippen LogP contribution in [0.25, 0.3) is 10.9 Å². The first-order valence-electron chi connectivity index (χ1n) is 8.74. The van der Waals surface area contributed by atoms with Crippen LogP contribution in [0.2, 0.25) is 0 Å². The van der Waals surface area contributed by atoms with Crippen molar-refractivity contribution in [3.63, 3.8) is 0 Å². The fourth-order valence-electron chi connectivity index (χ4n) is 3.03. The highest BCUT2D eigenvalue weighted by Crippen LogP contribution is 2.29. The van der Waals surface area contributed by atoms with Crippen molar-refractivity contribution in [1.82, 2.24) is 10.3 Å². The van der Waals surface area contributed by atoms with Crippen LogP contribution in [0.4, 0.5) is 13.2 Å². The summed E-state index contributed by atoms with van der Waals surface area (Å²) in [4.78, 5) is 27.3. The maximum atomic E-state index is 12.6. The number of H-pyrrole nitrogens is 1. The average molecular weight is 388 g/mol. The number of carbonyl (C=O) groups is 1. The van der Waals surface area contributed by atoms with Gasteiger partial charge in [0.15, 0.2) is 0 Å². The van der Waals surface area contributed by atoms with Gasteiger partial charge in [-0.25, -0.2) is 0 Å². The molecule has 0 aliphatic rings. The molecule has 7 heteroatoms. The molecule has 0 atom stereocenters. The van der Waals surface area contributed by atoms with Gasteiger partial charge in [-0.1, -0.05) is 12.1 Å². The number of benzene rings is 2. The molecule has 0 spiro atoms. The molecule has 0 unspecified atom stereocenters. The molecule has 2 aromatic carbocycles. The number of alkyl halides is 3. The van der Waals surface area contributed by atoms with Gasteiger partial charge in [0.1, 0.15) is 0 Å². The van der Waals surface area contributed by atoms with Gasteiger partial charge in [-0.05, 0) is 61.7 Å². The van der Waals surface area contributed by atoms with Crippen LogP contribution in [0.3, 0.4) is 0 Å². The minimum Gasteiger partial charge on any atom is -0.352 e. The lowest BCUT2D eigenvalue weighted by Gasteiger charge is -2.10. The summed E-state index contributed by atoms with van der Waals surface area (Å²) in [5, 5.41) is 3.58. The van der Waals surface area contributed by atoms with Crippen molar-refractivity contribution >= 4 is 16.8 Å². The number of amides is 1.